The fraction of sp³-hybridized carbons (Fsp3) is 0.647. The average molecular weight is 356 g/mol. The van der Waals surface area contributed by atoms with Gasteiger partial charge in [-0.3, -0.25) is 4.90 Å². The van der Waals surface area contributed by atoms with Crippen LogP contribution in [0.15, 0.2) is 24.3 Å². The summed E-state index contributed by atoms with van der Waals surface area (Å²) < 4.78 is 30.8. The molecule has 0 aromatic heterocycles. The fourth-order valence-corrected chi connectivity index (χ4v) is 3.90. The molecule has 1 fully saturated rings. The summed E-state index contributed by atoms with van der Waals surface area (Å²) in [5.41, 5.74) is -0.152. The molecule has 2 atom stereocenters. The lowest BCUT2D eigenvalue weighted by atomic mass is 9.86. The van der Waals surface area contributed by atoms with Crippen LogP contribution in [0.4, 0.5) is 0 Å². The van der Waals surface area contributed by atoms with Gasteiger partial charge in [0.1, 0.15) is 11.4 Å². The highest BCUT2D eigenvalue weighted by molar-refractivity contribution is 7.89. The van der Waals surface area contributed by atoms with Crippen molar-refractivity contribution in [1.29, 1.82) is 0 Å². The number of hydrogen-bond donors (Lipinski definition) is 2. The molecule has 0 amide bonds. The van der Waals surface area contributed by atoms with E-state index in [4.69, 9.17) is 4.74 Å². The summed E-state index contributed by atoms with van der Waals surface area (Å²) >= 11 is 0. The third-order valence-electron chi connectivity index (χ3n) is 4.79. The highest BCUT2D eigenvalue weighted by atomic mass is 32.2. The van der Waals surface area contributed by atoms with Crippen molar-refractivity contribution in [1.82, 2.24) is 9.62 Å². The number of nitrogens with zero attached hydrogens (tertiary/aromatic N) is 1. The molecule has 1 aliphatic rings. The summed E-state index contributed by atoms with van der Waals surface area (Å²) in [7, 11) is -1.56. The van der Waals surface area contributed by atoms with Crippen molar-refractivity contribution >= 4 is 10.0 Å². The minimum atomic E-state index is -3.18. The number of ether oxygens (including phenoxy) is 1. The van der Waals surface area contributed by atoms with E-state index in [1.54, 1.807) is 14.0 Å². The molecular weight excluding hydrogens is 328 g/mol. The molecule has 0 unspecified atom stereocenters. The molecule has 0 bridgehead atoms. The Morgan fingerprint density at radius 2 is 2.04 bits per heavy atom. The summed E-state index contributed by atoms with van der Waals surface area (Å²) in [5, 5.41) is 11.1. The second kappa shape index (κ2) is 7.82. The van der Waals surface area contributed by atoms with Crippen molar-refractivity contribution < 1.29 is 18.3 Å². The Balaban J connectivity index is 2.04. The van der Waals surface area contributed by atoms with Gasteiger partial charge in [-0.2, -0.15) is 0 Å². The van der Waals surface area contributed by atoms with Gasteiger partial charge >= 0.3 is 0 Å². The van der Waals surface area contributed by atoms with E-state index < -0.39 is 15.6 Å². The third kappa shape index (κ3) is 4.47. The number of benzene rings is 1. The van der Waals surface area contributed by atoms with Crippen LogP contribution in [0.3, 0.4) is 0 Å². The number of nitrogens with one attached hydrogen (secondary N) is 1. The second-order valence-corrected chi connectivity index (χ2v) is 8.46. The van der Waals surface area contributed by atoms with Crippen LogP contribution in [0.25, 0.3) is 0 Å². The number of likely N-dealkylation sites (tertiary alicyclic amines) is 1. The fourth-order valence-electron chi connectivity index (χ4n) is 3.30. The lowest BCUT2D eigenvalue weighted by Crippen LogP contribution is -2.48. The number of sulfonamides is 1. The van der Waals surface area contributed by atoms with Gasteiger partial charge in [0.25, 0.3) is 0 Å². The van der Waals surface area contributed by atoms with Gasteiger partial charge in [-0.15, -0.1) is 0 Å². The Kier molecular flexibility index (Phi) is 6.25. The second-order valence-electron chi connectivity index (χ2n) is 6.37. The van der Waals surface area contributed by atoms with Crippen molar-refractivity contribution in [3.63, 3.8) is 0 Å². The summed E-state index contributed by atoms with van der Waals surface area (Å²) in [6.07, 6.45) is 1.89. The molecule has 1 heterocycles. The van der Waals surface area contributed by atoms with Gasteiger partial charge < -0.3 is 9.84 Å². The van der Waals surface area contributed by atoms with Crippen molar-refractivity contribution in [2.24, 2.45) is 0 Å². The van der Waals surface area contributed by atoms with Crippen LogP contribution in [0, 0.1) is 0 Å². The summed E-state index contributed by atoms with van der Waals surface area (Å²) in [4.78, 5) is 2.17. The maximum Gasteiger partial charge on any atom is 0.211 e. The van der Waals surface area contributed by atoms with E-state index in [1.165, 1.54) is 0 Å². The predicted molar refractivity (Wildman–Crippen MR) is 94.6 cm³/mol. The van der Waals surface area contributed by atoms with Crippen LogP contribution < -0.4 is 9.46 Å². The Morgan fingerprint density at radius 1 is 1.38 bits per heavy atom. The van der Waals surface area contributed by atoms with Gasteiger partial charge in [0.2, 0.25) is 10.0 Å². The molecule has 1 aromatic carbocycles. The van der Waals surface area contributed by atoms with Gasteiger partial charge in [-0.1, -0.05) is 12.1 Å². The van der Waals surface area contributed by atoms with E-state index in [-0.39, 0.29) is 11.8 Å². The third-order valence-corrected chi connectivity index (χ3v) is 6.19. The smallest absolute Gasteiger partial charge is 0.211 e. The summed E-state index contributed by atoms with van der Waals surface area (Å²) in [6.45, 7) is 5.27. The molecule has 1 aliphatic heterocycles. The molecule has 0 aliphatic carbocycles. The van der Waals surface area contributed by atoms with E-state index in [0.717, 1.165) is 30.7 Å². The van der Waals surface area contributed by atoms with Gasteiger partial charge in [0, 0.05) is 19.1 Å². The van der Waals surface area contributed by atoms with Crippen molar-refractivity contribution in [2.45, 2.75) is 38.3 Å². The van der Waals surface area contributed by atoms with Crippen LogP contribution in [-0.2, 0) is 15.6 Å². The van der Waals surface area contributed by atoms with Gasteiger partial charge in [-0.05, 0) is 50.9 Å². The first-order chi connectivity index (χ1) is 11.3. The normalized spacial score (nSPS) is 21.6. The van der Waals surface area contributed by atoms with Crippen molar-refractivity contribution in [3.05, 3.63) is 29.8 Å². The number of methoxy groups -OCH3 is 1. The Hall–Kier alpha value is -1.15. The maximum absolute atomic E-state index is 11.5. The van der Waals surface area contributed by atoms with Crippen molar-refractivity contribution in [3.8, 4) is 5.75 Å². The highest BCUT2D eigenvalue weighted by Crippen LogP contribution is 2.35. The molecule has 1 saturated heterocycles. The SMILES string of the molecule is CCS(=O)(=O)NCCN1CCC[C@@H]1[C@](C)(O)c1ccc(OC)cc1. The zero-order chi connectivity index (χ0) is 17.8. The van der Waals surface area contributed by atoms with Crippen LogP contribution in [0.2, 0.25) is 0 Å². The zero-order valence-electron chi connectivity index (χ0n) is 14.7. The molecule has 0 saturated carbocycles. The zero-order valence-corrected chi connectivity index (χ0v) is 15.5. The molecule has 1 aromatic rings. The molecule has 7 heteroatoms. The number of aliphatic hydroxyl groups is 1. The van der Waals surface area contributed by atoms with Crippen LogP contribution >= 0.6 is 0 Å². The average Bonchev–Trinajstić information content (AvgIpc) is 3.04. The highest BCUT2D eigenvalue weighted by Gasteiger charge is 2.40. The van der Waals surface area contributed by atoms with E-state index in [9.17, 15) is 13.5 Å². The molecule has 2 rings (SSSR count). The first-order valence-corrected chi connectivity index (χ1v) is 10.0. The van der Waals surface area contributed by atoms with E-state index in [0.29, 0.717) is 13.1 Å². The van der Waals surface area contributed by atoms with Crippen LogP contribution in [0.5, 0.6) is 5.75 Å². The van der Waals surface area contributed by atoms with Gasteiger partial charge in [0.15, 0.2) is 0 Å². The molecule has 0 spiro atoms. The quantitative estimate of drug-likeness (QED) is 0.734. The predicted octanol–water partition coefficient (Wildman–Crippen LogP) is 1.31. The summed E-state index contributed by atoms with van der Waals surface area (Å²) in [5.74, 6) is 0.840. The van der Waals surface area contributed by atoms with Gasteiger partial charge in [0.05, 0.1) is 12.9 Å². The number of rotatable bonds is 8. The monoisotopic (exact) mass is 356 g/mol. The van der Waals surface area contributed by atoms with Gasteiger partial charge in [-0.25, -0.2) is 13.1 Å². The maximum atomic E-state index is 11.5. The Bertz CT molecular complexity index is 628. The van der Waals surface area contributed by atoms with Crippen LogP contribution in [-0.4, -0.2) is 57.0 Å². The molecule has 0 radical (unpaired) electrons. The van der Waals surface area contributed by atoms with Crippen molar-refractivity contribution in [2.75, 3.05) is 32.5 Å². The number of hydrogen-bond acceptors (Lipinski definition) is 5. The summed E-state index contributed by atoms with van der Waals surface area (Å²) in [6, 6.07) is 7.43. The molecular formula is C17H28N2O4S. The van der Waals surface area contributed by atoms with Crippen LogP contribution in [0.1, 0.15) is 32.3 Å². The molecule has 6 nitrogen and oxygen atoms in total. The largest absolute Gasteiger partial charge is 0.497 e. The van der Waals surface area contributed by atoms with E-state index >= 15 is 0 Å². The first-order valence-electron chi connectivity index (χ1n) is 8.38. The molecule has 136 valence electrons. The molecule has 2 N–H and O–H groups in total. The van der Waals surface area contributed by atoms with E-state index in [2.05, 4.69) is 9.62 Å². The standard InChI is InChI=1S/C17H28N2O4S/c1-4-24(21,22)18-11-13-19-12-5-6-16(19)17(2,20)14-7-9-15(23-3)10-8-14/h7-10,16,18,20H,4-6,11-13H2,1-3H3/t16-,17-/m1/s1. The van der Waals surface area contributed by atoms with E-state index in [1.807, 2.05) is 31.2 Å². The lowest BCUT2D eigenvalue weighted by Gasteiger charge is -2.37. The minimum absolute atomic E-state index is 0.0305. The minimum Gasteiger partial charge on any atom is -0.497 e. The Morgan fingerprint density at radius 3 is 2.62 bits per heavy atom. The lowest BCUT2D eigenvalue weighted by molar-refractivity contribution is -0.0222. The first kappa shape index (κ1) is 19.2. The topological polar surface area (TPSA) is 78.9 Å². The Labute approximate surface area is 144 Å². The molecule has 24 heavy (non-hydrogen) atoms.